The molecule has 13 heavy (non-hydrogen) atoms. The van der Waals surface area contributed by atoms with Gasteiger partial charge in [-0.2, -0.15) is 0 Å². The second-order valence-electron chi connectivity index (χ2n) is 2.58. The average molecular weight is 184 g/mol. The molecule has 1 aromatic rings. The SMILES string of the molecule is OCCC=Cc1ccc(F)cc1F. The Balaban J connectivity index is 2.77. The fraction of sp³-hybridized carbons (Fsp3) is 0.200. The average Bonchev–Trinajstić information content (AvgIpc) is 2.09. The Morgan fingerprint density at radius 3 is 2.69 bits per heavy atom. The van der Waals surface area contributed by atoms with E-state index >= 15 is 0 Å². The minimum Gasteiger partial charge on any atom is -0.396 e. The number of halogens is 2. The van der Waals surface area contributed by atoms with Crippen LogP contribution in [0, 0.1) is 11.6 Å². The molecule has 0 aliphatic carbocycles. The summed E-state index contributed by atoms with van der Waals surface area (Å²) in [4.78, 5) is 0. The summed E-state index contributed by atoms with van der Waals surface area (Å²) in [6, 6.07) is 3.39. The van der Waals surface area contributed by atoms with Gasteiger partial charge in [0.1, 0.15) is 11.6 Å². The van der Waals surface area contributed by atoms with Gasteiger partial charge in [-0.1, -0.05) is 12.2 Å². The first-order chi connectivity index (χ1) is 6.24. The van der Waals surface area contributed by atoms with E-state index in [1.165, 1.54) is 18.2 Å². The van der Waals surface area contributed by atoms with Crippen LogP contribution in [0.4, 0.5) is 8.78 Å². The first-order valence-corrected chi connectivity index (χ1v) is 3.96. The predicted octanol–water partition coefficient (Wildman–Crippen LogP) is 2.36. The molecule has 0 saturated carbocycles. The van der Waals surface area contributed by atoms with Crippen molar-refractivity contribution in [1.29, 1.82) is 0 Å². The van der Waals surface area contributed by atoms with Gasteiger partial charge in [0.05, 0.1) is 0 Å². The molecule has 0 heterocycles. The molecule has 0 bridgehead atoms. The Bertz CT molecular complexity index is 308. The molecule has 0 fully saturated rings. The number of rotatable bonds is 3. The van der Waals surface area contributed by atoms with Crippen molar-refractivity contribution in [2.45, 2.75) is 6.42 Å². The monoisotopic (exact) mass is 184 g/mol. The summed E-state index contributed by atoms with van der Waals surface area (Å²) in [5.74, 6) is -1.18. The fourth-order valence-electron chi connectivity index (χ4n) is 0.922. The van der Waals surface area contributed by atoms with Crippen LogP contribution in [0.2, 0.25) is 0 Å². The summed E-state index contributed by atoms with van der Waals surface area (Å²) in [6.07, 6.45) is 3.62. The van der Waals surface area contributed by atoms with Gasteiger partial charge in [-0.15, -0.1) is 0 Å². The number of benzene rings is 1. The van der Waals surface area contributed by atoms with Crippen LogP contribution < -0.4 is 0 Å². The van der Waals surface area contributed by atoms with Crippen molar-refractivity contribution in [3.63, 3.8) is 0 Å². The van der Waals surface area contributed by atoms with Crippen molar-refractivity contribution in [1.82, 2.24) is 0 Å². The summed E-state index contributed by atoms with van der Waals surface area (Å²) in [6.45, 7) is 0.0271. The first-order valence-electron chi connectivity index (χ1n) is 3.96. The maximum Gasteiger partial charge on any atom is 0.133 e. The van der Waals surface area contributed by atoms with E-state index in [0.717, 1.165) is 6.07 Å². The molecule has 1 rings (SSSR count). The van der Waals surface area contributed by atoms with Crippen LogP contribution in [-0.2, 0) is 0 Å². The maximum atomic E-state index is 12.9. The summed E-state index contributed by atoms with van der Waals surface area (Å²) < 4.78 is 25.4. The lowest BCUT2D eigenvalue weighted by molar-refractivity contribution is 0.303. The highest BCUT2D eigenvalue weighted by atomic mass is 19.1. The van der Waals surface area contributed by atoms with Gasteiger partial charge in [-0.25, -0.2) is 8.78 Å². The van der Waals surface area contributed by atoms with Gasteiger partial charge in [-0.3, -0.25) is 0 Å². The van der Waals surface area contributed by atoms with Gasteiger partial charge >= 0.3 is 0 Å². The highest BCUT2D eigenvalue weighted by Crippen LogP contribution is 2.11. The van der Waals surface area contributed by atoms with Crippen LogP contribution in [0.1, 0.15) is 12.0 Å². The van der Waals surface area contributed by atoms with E-state index in [2.05, 4.69) is 0 Å². The van der Waals surface area contributed by atoms with Crippen molar-refractivity contribution >= 4 is 6.08 Å². The normalized spacial score (nSPS) is 11.0. The van der Waals surface area contributed by atoms with Crippen molar-refractivity contribution in [3.05, 3.63) is 41.5 Å². The topological polar surface area (TPSA) is 20.2 Å². The summed E-state index contributed by atoms with van der Waals surface area (Å²) in [5.41, 5.74) is 0.329. The zero-order valence-corrected chi connectivity index (χ0v) is 7.00. The van der Waals surface area contributed by atoms with Crippen LogP contribution in [0.5, 0.6) is 0 Å². The van der Waals surface area contributed by atoms with Crippen molar-refractivity contribution in [2.75, 3.05) is 6.61 Å². The van der Waals surface area contributed by atoms with Crippen LogP contribution in [0.25, 0.3) is 6.08 Å². The smallest absolute Gasteiger partial charge is 0.133 e. The van der Waals surface area contributed by atoms with E-state index in [0.29, 0.717) is 12.0 Å². The summed E-state index contributed by atoms with van der Waals surface area (Å²) >= 11 is 0. The fourth-order valence-corrected chi connectivity index (χ4v) is 0.922. The lowest BCUT2D eigenvalue weighted by atomic mass is 10.2. The molecule has 0 atom stereocenters. The zero-order chi connectivity index (χ0) is 9.68. The van der Waals surface area contributed by atoms with E-state index in [-0.39, 0.29) is 6.61 Å². The van der Waals surface area contributed by atoms with Crippen molar-refractivity contribution < 1.29 is 13.9 Å². The van der Waals surface area contributed by atoms with E-state index < -0.39 is 11.6 Å². The van der Waals surface area contributed by atoms with E-state index in [1.54, 1.807) is 6.08 Å². The Morgan fingerprint density at radius 2 is 2.08 bits per heavy atom. The van der Waals surface area contributed by atoms with Crippen molar-refractivity contribution in [2.24, 2.45) is 0 Å². The lowest BCUT2D eigenvalue weighted by Gasteiger charge is -1.95. The lowest BCUT2D eigenvalue weighted by Crippen LogP contribution is -1.84. The third-order valence-electron chi connectivity index (χ3n) is 1.56. The van der Waals surface area contributed by atoms with E-state index in [9.17, 15) is 8.78 Å². The molecular formula is C10H10F2O. The number of hydrogen-bond donors (Lipinski definition) is 1. The third kappa shape index (κ3) is 2.95. The molecule has 0 spiro atoms. The molecule has 0 aliphatic heterocycles. The Morgan fingerprint density at radius 1 is 1.31 bits per heavy atom. The van der Waals surface area contributed by atoms with Gasteiger partial charge in [0, 0.05) is 18.2 Å². The highest BCUT2D eigenvalue weighted by molar-refractivity contribution is 5.49. The number of hydrogen-bond acceptors (Lipinski definition) is 1. The van der Waals surface area contributed by atoms with Gasteiger partial charge in [0.15, 0.2) is 0 Å². The van der Waals surface area contributed by atoms with Crippen LogP contribution in [0.3, 0.4) is 0 Å². The molecule has 0 unspecified atom stereocenters. The standard InChI is InChI=1S/C10H10F2O/c11-9-5-4-8(10(12)7-9)3-1-2-6-13/h1,3-5,7,13H,2,6H2. The first kappa shape index (κ1) is 9.86. The third-order valence-corrected chi connectivity index (χ3v) is 1.56. The molecule has 3 heteroatoms. The molecule has 70 valence electrons. The van der Waals surface area contributed by atoms with Crippen LogP contribution >= 0.6 is 0 Å². The number of aliphatic hydroxyl groups is 1. The molecule has 1 N–H and O–H groups in total. The van der Waals surface area contributed by atoms with Gasteiger partial charge in [0.25, 0.3) is 0 Å². The maximum absolute atomic E-state index is 12.9. The minimum absolute atomic E-state index is 0.0271. The second-order valence-corrected chi connectivity index (χ2v) is 2.58. The predicted molar refractivity (Wildman–Crippen MR) is 47.1 cm³/mol. The summed E-state index contributed by atoms with van der Waals surface area (Å²) in [7, 11) is 0. The molecule has 0 aromatic heterocycles. The molecule has 0 aliphatic rings. The Labute approximate surface area is 75.3 Å². The van der Waals surface area contributed by atoms with Gasteiger partial charge in [-0.05, 0) is 18.6 Å². The molecule has 0 amide bonds. The van der Waals surface area contributed by atoms with E-state index in [1.807, 2.05) is 0 Å². The van der Waals surface area contributed by atoms with Crippen molar-refractivity contribution in [3.8, 4) is 0 Å². The Kier molecular flexibility index (Phi) is 3.58. The van der Waals surface area contributed by atoms with Gasteiger partial charge < -0.3 is 5.11 Å². The zero-order valence-electron chi connectivity index (χ0n) is 7.00. The minimum atomic E-state index is -0.589. The molecule has 1 nitrogen and oxygen atoms in total. The summed E-state index contributed by atoms with van der Waals surface area (Å²) in [5, 5.41) is 8.45. The highest BCUT2D eigenvalue weighted by Gasteiger charge is 1.98. The largest absolute Gasteiger partial charge is 0.396 e. The van der Waals surface area contributed by atoms with Crippen LogP contribution in [0.15, 0.2) is 24.3 Å². The molecule has 0 radical (unpaired) electrons. The molecule has 0 saturated heterocycles. The Hall–Kier alpha value is -1.22. The number of aliphatic hydroxyl groups excluding tert-OH is 1. The van der Waals surface area contributed by atoms with E-state index in [4.69, 9.17) is 5.11 Å². The second kappa shape index (κ2) is 4.72. The quantitative estimate of drug-likeness (QED) is 0.764. The molecule has 1 aromatic carbocycles. The van der Waals surface area contributed by atoms with Gasteiger partial charge in [0.2, 0.25) is 0 Å². The van der Waals surface area contributed by atoms with Crippen LogP contribution in [-0.4, -0.2) is 11.7 Å². The molecular weight excluding hydrogens is 174 g/mol.